The summed E-state index contributed by atoms with van der Waals surface area (Å²) in [5.41, 5.74) is 0.862. The third kappa shape index (κ3) is 7.19. The third-order valence-electron chi connectivity index (χ3n) is 2.13. The van der Waals surface area contributed by atoms with Gasteiger partial charge < -0.3 is 15.4 Å². The minimum atomic E-state index is -0.236. The first kappa shape index (κ1) is 17.9. The molecule has 1 aromatic heterocycles. The lowest BCUT2D eigenvalue weighted by molar-refractivity contribution is 0.124. The van der Waals surface area contributed by atoms with E-state index in [1.165, 1.54) is 0 Å². The van der Waals surface area contributed by atoms with Crippen molar-refractivity contribution in [2.45, 2.75) is 32.9 Å². The van der Waals surface area contributed by atoms with E-state index in [0.717, 1.165) is 11.5 Å². The summed E-state index contributed by atoms with van der Waals surface area (Å²) < 4.78 is 5.72. The second kappa shape index (κ2) is 8.19. The highest BCUT2D eigenvalue weighted by atomic mass is 127. The Morgan fingerprint density at radius 1 is 1.42 bits per heavy atom. The first-order valence-electron chi connectivity index (χ1n) is 5.97. The van der Waals surface area contributed by atoms with E-state index in [1.54, 1.807) is 13.2 Å². The minimum Gasteiger partial charge on any atom is -0.472 e. The van der Waals surface area contributed by atoms with Crippen molar-refractivity contribution >= 4 is 29.9 Å². The van der Waals surface area contributed by atoms with Gasteiger partial charge in [0.15, 0.2) is 5.96 Å². The Labute approximate surface area is 132 Å². The molecule has 0 fully saturated rings. The summed E-state index contributed by atoms with van der Waals surface area (Å²) in [7, 11) is 3.57. The van der Waals surface area contributed by atoms with Crippen molar-refractivity contribution in [2.75, 3.05) is 14.1 Å². The van der Waals surface area contributed by atoms with Gasteiger partial charge in [0.2, 0.25) is 5.88 Å². The second-order valence-electron chi connectivity index (χ2n) is 4.89. The molecule has 1 aromatic rings. The molecule has 5 nitrogen and oxygen atoms in total. The molecule has 108 valence electrons. The zero-order valence-electron chi connectivity index (χ0n) is 12.2. The van der Waals surface area contributed by atoms with Crippen LogP contribution in [0.2, 0.25) is 0 Å². The summed E-state index contributed by atoms with van der Waals surface area (Å²) >= 11 is 0. The molecule has 1 rings (SSSR count). The quantitative estimate of drug-likeness (QED) is 0.481. The number of nitrogens with one attached hydrogen (secondary N) is 2. The van der Waals surface area contributed by atoms with Gasteiger partial charge in [-0.25, -0.2) is 4.98 Å². The van der Waals surface area contributed by atoms with Crippen LogP contribution in [-0.4, -0.2) is 30.6 Å². The fourth-order valence-electron chi connectivity index (χ4n) is 1.39. The van der Waals surface area contributed by atoms with Crippen molar-refractivity contribution in [1.29, 1.82) is 0 Å². The Hall–Kier alpha value is -1.05. The number of rotatable bonds is 3. The van der Waals surface area contributed by atoms with Crippen LogP contribution in [0, 0.1) is 0 Å². The van der Waals surface area contributed by atoms with E-state index in [9.17, 15) is 0 Å². The number of halogens is 1. The molecule has 0 unspecified atom stereocenters. The maximum atomic E-state index is 5.72. The highest BCUT2D eigenvalue weighted by molar-refractivity contribution is 14.0. The molecule has 0 bridgehead atoms. The molecule has 19 heavy (non-hydrogen) atoms. The molecular weight excluding hydrogens is 355 g/mol. The Morgan fingerprint density at radius 3 is 2.63 bits per heavy atom. The van der Waals surface area contributed by atoms with Crippen molar-refractivity contribution in [3.63, 3.8) is 0 Å². The lowest BCUT2D eigenvalue weighted by Gasteiger charge is -2.20. The highest BCUT2D eigenvalue weighted by Gasteiger charge is 2.12. The maximum Gasteiger partial charge on any atom is 0.214 e. The van der Waals surface area contributed by atoms with Crippen molar-refractivity contribution in [2.24, 2.45) is 4.99 Å². The molecule has 0 atom stereocenters. The fraction of sp³-hybridized carbons (Fsp3) is 0.538. The molecule has 0 aromatic carbocycles. The van der Waals surface area contributed by atoms with E-state index in [-0.39, 0.29) is 29.6 Å². The average Bonchev–Trinajstić information content (AvgIpc) is 2.28. The highest BCUT2D eigenvalue weighted by Crippen LogP contribution is 2.16. The van der Waals surface area contributed by atoms with Crippen molar-refractivity contribution in [1.82, 2.24) is 15.6 Å². The van der Waals surface area contributed by atoms with Gasteiger partial charge in [0, 0.05) is 32.9 Å². The molecule has 0 radical (unpaired) electrons. The summed E-state index contributed by atoms with van der Waals surface area (Å²) in [6, 6.07) is 3.88. The number of aromatic nitrogens is 1. The van der Waals surface area contributed by atoms with Gasteiger partial charge in [-0.3, -0.25) is 4.99 Å². The van der Waals surface area contributed by atoms with Gasteiger partial charge in [0.25, 0.3) is 0 Å². The van der Waals surface area contributed by atoms with Gasteiger partial charge in [-0.2, -0.15) is 0 Å². The zero-order chi connectivity index (χ0) is 13.6. The van der Waals surface area contributed by atoms with Gasteiger partial charge in [0.05, 0.1) is 0 Å². The SMILES string of the molecule is CN=C(NC)NCc1ccnc(OC(C)(C)C)c1.I. The Kier molecular flexibility index (Phi) is 7.73. The number of nitrogens with zero attached hydrogens (tertiary/aromatic N) is 2. The van der Waals surface area contributed by atoms with Crippen LogP contribution in [0.1, 0.15) is 26.3 Å². The Balaban J connectivity index is 0.00000324. The lowest BCUT2D eigenvalue weighted by atomic mass is 10.2. The molecule has 0 saturated carbocycles. The number of hydrogen-bond donors (Lipinski definition) is 2. The van der Waals surface area contributed by atoms with Gasteiger partial charge >= 0.3 is 0 Å². The van der Waals surface area contributed by atoms with Crippen molar-refractivity contribution < 1.29 is 4.74 Å². The molecular formula is C13H23IN4O. The first-order chi connectivity index (χ1) is 8.44. The van der Waals surface area contributed by atoms with Crippen LogP contribution < -0.4 is 15.4 Å². The van der Waals surface area contributed by atoms with Crippen LogP contribution in [0.25, 0.3) is 0 Å². The predicted molar refractivity (Wildman–Crippen MR) is 89.3 cm³/mol. The van der Waals surface area contributed by atoms with E-state index in [0.29, 0.717) is 12.4 Å². The van der Waals surface area contributed by atoms with Crippen LogP contribution in [-0.2, 0) is 6.54 Å². The van der Waals surface area contributed by atoms with Gasteiger partial charge in [0.1, 0.15) is 5.60 Å². The average molecular weight is 378 g/mol. The summed E-state index contributed by atoms with van der Waals surface area (Å²) in [5, 5.41) is 6.15. The zero-order valence-corrected chi connectivity index (χ0v) is 14.5. The summed E-state index contributed by atoms with van der Waals surface area (Å²) in [6.07, 6.45) is 1.75. The van der Waals surface area contributed by atoms with Crippen LogP contribution in [0.15, 0.2) is 23.3 Å². The minimum absolute atomic E-state index is 0. The molecule has 6 heteroatoms. The normalized spacial score (nSPS) is 11.5. The second-order valence-corrected chi connectivity index (χ2v) is 4.89. The Morgan fingerprint density at radius 2 is 2.11 bits per heavy atom. The van der Waals surface area contributed by atoms with Gasteiger partial charge in [-0.1, -0.05) is 0 Å². The molecule has 0 aliphatic carbocycles. The summed E-state index contributed by atoms with van der Waals surface area (Å²) in [6.45, 7) is 6.68. The van der Waals surface area contributed by atoms with E-state index in [2.05, 4.69) is 20.6 Å². The number of pyridine rings is 1. The molecule has 0 saturated heterocycles. The molecule has 1 heterocycles. The van der Waals surface area contributed by atoms with Crippen LogP contribution in [0.5, 0.6) is 5.88 Å². The number of ether oxygens (including phenoxy) is 1. The van der Waals surface area contributed by atoms with Gasteiger partial charge in [-0.05, 0) is 32.4 Å². The molecule has 0 amide bonds. The van der Waals surface area contributed by atoms with Crippen molar-refractivity contribution in [3.8, 4) is 5.88 Å². The predicted octanol–water partition coefficient (Wildman–Crippen LogP) is 2.17. The monoisotopic (exact) mass is 378 g/mol. The standard InChI is InChI=1S/C13H22N4O.HI/c1-13(2,3)18-11-8-10(6-7-16-11)9-17-12(14-4)15-5;/h6-8H,9H2,1-5H3,(H2,14,15,17);1H. The smallest absolute Gasteiger partial charge is 0.214 e. The molecule has 0 spiro atoms. The largest absolute Gasteiger partial charge is 0.472 e. The van der Waals surface area contributed by atoms with Gasteiger partial charge in [-0.15, -0.1) is 24.0 Å². The van der Waals surface area contributed by atoms with Crippen LogP contribution >= 0.6 is 24.0 Å². The third-order valence-corrected chi connectivity index (χ3v) is 2.13. The lowest BCUT2D eigenvalue weighted by Crippen LogP contribution is -2.34. The molecule has 2 N–H and O–H groups in total. The molecule has 0 aliphatic rings. The number of guanidine groups is 1. The van der Waals surface area contributed by atoms with E-state index in [1.807, 2.05) is 40.0 Å². The summed E-state index contributed by atoms with van der Waals surface area (Å²) in [5.74, 6) is 1.39. The Bertz CT molecular complexity index is 415. The van der Waals surface area contributed by atoms with E-state index >= 15 is 0 Å². The van der Waals surface area contributed by atoms with Crippen LogP contribution in [0.3, 0.4) is 0 Å². The fourth-order valence-corrected chi connectivity index (χ4v) is 1.39. The maximum absolute atomic E-state index is 5.72. The summed E-state index contributed by atoms with van der Waals surface area (Å²) in [4.78, 5) is 8.25. The number of hydrogen-bond acceptors (Lipinski definition) is 3. The number of aliphatic imine (C=N–C) groups is 1. The van der Waals surface area contributed by atoms with E-state index in [4.69, 9.17) is 4.74 Å². The molecule has 0 aliphatic heterocycles. The van der Waals surface area contributed by atoms with Crippen LogP contribution in [0.4, 0.5) is 0 Å². The topological polar surface area (TPSA) is 58.5 Å². The van der Waals surface area contributed by atoms with E-state index < -0.39 is 0 Å². The first-order valence-corrected chi connectivity index (χ1v) is 5.97. The van der Waals surface area contributed by atoms with Crippen molar-refractivity contribution in [3.05, 3.63) is 23.9 Å².